The highest BCUT2D eigenvalue weighted by atomic mass is 16.6. The van der Waals surface area contributed by atoms with Crippen LogP contribution in [-0.4, -0.2) is 42.6 Å². The second kappa shape index (κ2) is 14.1. The average molecular weight is 522 g/mol. The van der Waals surface area contributed by atoms with Crippen LogP contribution in [0.4, 0.5) is 0 Å². The van der Waals surface area contributed by atoms with Crippen molar-refractivity contribution in [3.8, 4) is 11.5 Å². The Morgan fingerprint density at radius 3 is 1.84 bits per heavy atom. The molecule has 1 rings (SSSR count). The molecule has 0 aromatic heterocycles. The second-order valence-electron chi connectivity index (χ2n) is 10.4. The summed E-state index contributed by atoms with van der Waals surface area (Å²) in [6, 6.07) is 4.68. The third kappa shape index (κ3) is 9.46. The minimum Gasteiger partial charge on any atom is -0.468 e. The molecule has 9 heteroatoms. The number of benzene rings is 1. The lowest BCUT2D eigenvalue weighted by atomic mass is 9.86. The molecule has 0 aliphatic carbocycles. The zero-order valence-electron chi connectivity index (χ0n) is 23.6. The first-order valence-electron chi connectivity index (χ1n) is 12.8. The van der Waals surface area contributed by atoms with Gasteiger partial charge in [0.1, 0.15) is 11.6 Å². The highest BCUT2D eigenvalue weighted by Gasteiger charge is 2.38. The second-order valence-corrected chi connectivity index (χ2v) is 10.4. The SMILES string of the molecule is CCC(=O)O[C@@H](C)CC(N)(Cc1ccc(OC(=O)C(C)C(C)C)c(OC(=O)C(C)C(C)C)c1)C(=O)OC. The van der Waals surface area contributed by atoms with Crippen LogP contribution in [0.3, 0.4) is 0 Å². The number of esters is 4. The molecule has 0 spiro atoms. The Hall–Kier alpha value is -2.94. The van der Waals surface area contributed by atoms with Crippen molar-refractivity contribution in [2.75, 3.05) is 7.11 Å². The van der Waals surface area contributed by atoms with E-state index in [4.69, 9.17) is 24.7 Å². The fourth-order valence-corrected chi connectivity index (χ4v) is 3.43. The van der Waals surface area contributed by atoms with Crippen molar-refractivity contribution >= 4 is 23.9 Å². The minimum absolute atomic E-state index is 0.00536. The lowest BCUT2D eigenvalue weighted by Gasteiger charge is -2.29. The van der Waals surface area contributed by atoms with Gasteiger partial charge >= 0.3 is 23.9 Å². The van der Waals surface area contributed by atoms with E-state index in [0.717, 1.165) is 0 Å². The standard InChI is InChI=1S/C28H43NO8/c1-10-24(30)35-18(6)14-28(29,27(33)34-9)15-21-11-12-22(36-25(31)19(7)16(2)3)23(13-21)37-26(32)20(8)17(4)5/h11-13,16-20H,10,14-15,29H2,1-9H3/t18-,19?,20?,28?/m0/s1. The summed E-state index contributed by atoms with van der Waals surface area (Å²) in [7, 11) is 1.23. The van der Waals surface area contributed by atoms with Gasteiger partial charge in [-0.1, -0.05) is 54.5 Å². The van der Waals surface area contributed by atoms with Crippen molar-refractivity contribution in [2.24, 2.45) is 29.4 Å². The number of rotatable bonds is 13. The van der Waals surface area contributed by atoms with Crippen LogP contribution in [0.1, 0.15) is 73.8 Å². The summed E-state index contributed by atoms with van der Waals surface area (Å²) in [5.41, 5.74) is 5.49. The van der Waals surface area contributed by atoms with Crippen molar-refractivity contribution in [2.45, 2.75) is 86.3 Å². The van der Waals surface area contributed by atoms with E-state index >= 15 is 0 Å². The van der Waals surface area contributed by atoms with Crippen molar-refractivity contribution in [1.82, 2.24) is 0 Å². The van der Waals surface area contributed by atoms with Crippen molar-refractivity contribution in [1.29, 1.82) is 0 Å². The van der Waals surface area contributed by atoms with Gasteiger partial charge in [-0.25, -0.2) is 0 Å². The molecule has 0 saturated heterocycles. The Balaban J connectivity index is 3.37. The van der Waals surface area contributed by atoms with Gasteiger partial charge in [0.15, 0.2) is 11.5 Å². The molecule has 0 amide bonds. The smallest absolute Gasteiger partial charge is 0.326 e. The normalized spacial score (nSPS) is 15.4. The number of hydrogen-bond donors (Lipinski definition) is 1. The van der Waals surface area contributed by atoms with E-state index in [-0.39, 0.29) is 48.5 Å². The summed E-state index contributed by atoms with van der Waals surface area (Å²) >= 11 is 0. The number of nitrogens with two attached hydrogens (primary N) is 1. The van der Waals surface area contributed by atoms with E-state index in [1.807, 2.05) is 27.7 Å². The first-order valence-corrected chi connectivity index (χ1v) is 12.8. The molecule has 0 bridgehead atoms. The van der Waals surface area contributed by atoms with Crippen molar-refractivity contribution in [3.05, 3.63) is 23.8 Å². The molecule has 2 N–H and O–H groups in total. The zero-order valence-corrected chi connectivity index (χ0v) is 23.6. The number of methoxy groups -OCH3 is 1. The van der Waals surface area contributed by atoms with Gasteiger partial charge < -0.3 is 24.7 Å². The molecule has 0 aliphatic rings. The molecule has 0 radical (unpaired) electrons. The highest BCUT2D eigenvalue weighted by molar-refractivity contribution is 5.81. The lowest BCUT2D eigenvalue weighted by molar-refractivity contribution is -0.154. The van der Waals surface area contributed by atoms with Gasteiger partial charge in [-0.2, -0.15) is 0 Å². The van der Waals surface area contributed by atoms with E-state index in [2.05, 4.69) is 0 Å². The van der Waals surface area contributed by atoms with Crippen LogP contribution >= 0.6 is 0 Å². The molecule has 0 fully saturated rings. The van der Waals surface area contributed by atoms with E-state index in [0.29, 0.717) is 5.56 Å². The Morgan fingerprint density at radius 2 is 1.38 bits per heavy atom. The molecular formula is C28H43NO8. The molecular weight excluding hydrogens is 478 g/mol. The molecule has 1 aromatic rings. The Labute approximate surface area is 220 Å². The molecule has 0 heterocycles. The molecule has 0 aliphatic heterocycles. The Bertz CT molecular complexity index is 958. The first-order chi connectivity index (χ1) is 17.1. The van der Waals surface area contributed by atoms with Crippen LogP contribution in [0.25, 0.3) is 0 Å². The van der Waals surface area contributed by atoms with Crippen LogP contribution in [0.2, 0.25) is 0 Å². The molecule has 0 saturated carbocycles. The number of ether oxygens (including phenoxy) is 4. The molecule has 208 valence electrons. The van der Waals surface area contributed by atoms with Crippen LogP contribution in [-0.2, 0) is 35.1 Å². The quantitative estimate of drug-likeness (QED) is 0.299. The van der Waals surface area contributed by atoms with E-state index in [1.165, 1.54) is 19.2 Å². The fraction of sp³-hybridized carbons (Fsp3) is 0.643. The van der Waals surface area contributed by atoms with Gasteiger partial charge in [-0.15, -0.1) is 0 Å². The van der Waals surface area contributed by atoms with Gasteiger partial charge in [0, 0.05) is 19.3 Å². The molecule has 3 unspecified atom stereocenters. The number of carbonyl (C=O) groups is 4. The summed E-state index contributed by atoms with van der Waals surface area (Å²) in [4.78, 5) is 49.7. The highest BCUT2D eigenvalue weighted by Crippen LogP contribution is 2.33. The Kier molecular flexibility index (Phi) is 12.2. The third-order valence-corrected chi connectivity index (χ3v) is 6.56. The van der Waals surface area contributed by atoms with Gasteiger partial charge in [-0.3, -0.25) is 19.2 Å². The predicted octanol–water partition coefficient (Wildman–Crippen LogP) is 4.23. The summed E-state index contributed by atoms with van der Waals surface area (Å²) in [6.45, 7) is 14.5. The van der Waals surface area contributed by atoms with Crippen LogP contribution in [0, 0.1) is 23.7 Å². The molecule has 9 nitrogen and oxygen atoms in total. The summed E-state index contributed by atoms with van der Waals surface area (Å²) in [5.74, 6) is -2.56. The maximum absolute atomic E-state index is 12.8. The van der Waals surface area contributed by atoms with Crippen molar-refractivity contribution < 1.29 is 38.1 Å². The van der Waals surface area contributed by atoms with Crippen LogP contribution < -0.4 is 15.2 Å². The minimum atomic E-state index is -1.53. The fourth-order valence-electron chi connectivity index (χ4n) is 3.43. The van der Waals surface area contributed by atoms with Gasteiger partial charge in [0.25, 0.3) is 0 Å². The van der Waals surface area contributed by atoms with Gasteiger partial charge in [0.05, 0.1) is 18.9 Å². The summed E-state index contributed by atoms with van der Waals surface area (Å²) in [5, 5.41) is 0. The van der Waals surface area contributed by atoms with E-state index in [9.17, 15) is 19.2 Å². The summed E-state index contributed by atoms with van der Waals surface area (Å²) < 4.78 is 21.5. The van der Waals surface area contributed by atoms with E-state index < -0.39 is 41.4 Å². The average Bonchev–Trinajstić information content (AvgIpc) is 2.83. The number of hydrogen-bond acceptors (Lipinski definition) is 9. The van der Waals surface area contributed by atoms with Crippen LogP contribution in [0.15, 0.2) is 18.2 Å². The summed E-state index contributed by atoms with van der Waals surface area (Å²) in [6.07, 6.45) is -0.444. The van der Waals surface area contributed by atoms with Crippen LogP contribution in [0.5, 0.6) is 11.5 Å². The van der Waals surface area contributed by atoms with Gasteiger partial charge in [-0.05, 0) is 36.5 Å². The third-order valence-electron chi connectivity index (χ3n) is 6.56. The number of carbonyl (C=O) groups excluding carboxylic acids is 4. The molecule has 37 heavy (non-hydrogen) atoms. The van der Waals surface area contributed by atoms with E-state index in [1.54, 1.807) is 33.8 Å². The first kappa shape index (κ1) is 32.1. The topological polar surface area (TPSA) is 131 Å². The maximum atomic E-state index is 12.8. The predicted molar refractivity (Wildman–Crippen MR) is 139 cm³/mol. The Morgan fingerprint density at radius 1 is 0.865 bits per heavy atom. The monoisotopic (exact) mass is 521 g/mol. The molecule has 1 aromatic carbocycles. The van der Waals surface area contributed by atoms with Gasteiger partial charge in [0.2, 0.25) is 0 Å². The zero-order chi connectivity index (χ0) is 28.5. The molecule has 4 atom stereocenters. The van der Waals surface area contributed by atoms with Crippen molar-refractivity contribution in [3.63, 3.8) is 0 Å². The maximum Gasteiger partial charge on any atom is 0.326 e. The largest absolute Gasteiger partial charge is 0.468 e. The lowest BCUT2D eigenvalue weighted by Crippen LogP contribution is -2.53.